The van der Waals surface area contributed by atoms with Crippen LogP contribution in [0.3, 0.4) is 0 Å². The normalized spacial score (nSPS) is 20.6. The molecule has 1 heterocycles. The Labute approximate surface area is 109 Å². The Morgan fingerprint density at radius 2 is 1.94 bits per heavy atom. The van der Waals surface area contributed by atoms with Gasteiger partial charge in [0.15, 0.2) is 0 Å². The number of hydrogen-bond acceptors (Lipinski definition) is 2. The van der Waals surface area contributed by atoms with Gasteiger partial charge in [-0.1, -0.05) is 19.4 Å². The zero-order valence-corrected chi connectivity index (χ0v) is 11.2. The first-order valence-corrected chi connectivity index (χ1v) is 6.79. The first-order chi connectivity index (χ1) is 8.60. The second-order valence-electron chi connectivity index (χ2n) is 5.51. The van der Waals surface area contributed by atoms with Crippen molar-refractivity contribution in [3.05, 3.63) is 12.7 Å². The van der Waals surface area contributed by atoms with E-state index in [0.717, 1.165) is 13.1 Å². The van der Waals surface area contributed by atoms with Crippen molar-refractivity contribution >= 4 is 11.8 Å². The average Bonchev–Trinajstić information content (AvgIpc) is 2.82. The summed E-state index contributed by atoms with van der Waals surface area (Å²) in [7, 11) is 0. The van der Waals surface area contributed by atoms with E-state index in [1.165, 1.54) is 36.7 Å². The van der Waals surface area contributed by atoms with Gasteiger partial charge in [-0.3, -0.25) is 9.59 Å². The van der Waals surface area contributed by atoms with Crippen LogP contribution in [0.2, 0.25) is 0 Å². The maximum absolute atomic E-state index is 12.1. The number of amides is 2. The molecule has 1 saturated carbocycles. The van der Waals surface area contributed by atoms with E-state index < -0.39 is 0 Å². The molecule has 2 rings (SSSR count). The zero-order chi connectivity index (χ0) is 13.2. The lowest BCUT2D eigenvalue weighted by molar-refractivity contribution is -0.147. The first kappa shape index (κ1) is 13.1. The van der Waals surface area contributed by atoms with E-state index in [1.807, 2.05) is 11.8 Å². The molecule has 4 nitrogen and oxygen atoms in total. The van der Waals surface area contributed by atoms with Crippen LogP contribution in [0.15, 0.2) is 12.7 Å². The third-order valence-corrected chi connectivity index (χ3v) is 4.26. The van der Waals surface area contributed by atoms with Gasteiger partial charge in [0.2, 0.25) is 11.8 Å². The average molecular weight is 250 g/mol. The highest BCUT2D eigenvalue weighted by atomic mass is 16.2. The lowest BCUT2D eigenvalue weighted by Gasteiger charge is -2.48. The van der Waals surface area contributed by atoms with Gasteiger partial charge in [0.1, 0.15) is 0 Å². The standard InChI is InChI=1S/C14H22N2O2/c1-3-12(17)15(4-2)9-13(18)16-10-14(11-16)7-5-6-8-14/h3H,1,4-11H2,2H3. The topological polar surface area (TPSA) is 40.6 Å². The van der Waals surface area contributed by atoms with Crippen molar-refractivity contribution in [3.63, 3.8) is 0 Å². The molecule has 100 valence electrons. The first-order valence-electron chi connectivity index (χ1n) is 6.79. The molecule has 2 aliphatic rings. The monoisotopic (exact) mass is 250 g/mol. The molecule has 4 heteroatoms. The maximum Gasteiger partial charge on any atom is 0.246 e. The Hall–Kier alpha value is -1.32. The number of likely N-dealkylation sites (tertiary alicyclic amines) is 1. The van der Waals surface area contributed by atoms with Crippen LogP contribution in [0.5, 0.6) is 0 Å². The fraction of sp³-hybridized carbons (Fsp3) is 0.714. The minimum atomic E-state index is -0.165. The summed E-state index contributed by atoms with van der Waals surface area (Å²) in [5.74, 6) is -0.0912. The van der Waals surface area contributed by atoms with Crippen molar-refractivity contribution in [2.75, 3.05) is 26.2 Å². The number of hydrogen-bond donors (Lipinski definition) is 0. The summed E-state index contributed by atoms with van der Waals surface area (Å²) in [6.07, 6.45) is 6.40. The van der Waals surface area contributed by atoms with Gasteiger partial charge in [0.25, 0.3) is 0 Å². The fourth-order valence-electron chi connectivity index (χ4n) is 3.12. The van der Waals surface area contributed by atoms with Gasteiger partial charge in [-0.05, 0) is 25.8 Å². The van der Waals surface area contributed by atoms with Crippen LogP contribution in [0.1, 0.15) is 32.6 Å². The molecule has 1 aliphatic carbocycles. The molecule has 0 aromatic carbocycles. The number of carbonyl (C=O) groups is 2. The molecule has 0 N–H and O–H groups in total. The summed E-state index contributed by atoms with van der Waals surface area (Å²) in [4.78, 5) is 27.0. The quantitative estimate of drug-likeness (QED) is 0.708. The summed E-state index contributed by atoms with van der Waals surface area (Å²) in [5, 5.41) is 0. The van der Waals surface area contributed by atoms with Gasteiger partial charge in [-0.25, -0.2) is 0 Å². The molecule has 1 aliphatic heterocycles. The SMILES string of the molecule is C=CC(=O)N(CC)CC(=O)N1CC2(CCCC2)C1. The van der Waals surface area contributed by atoms with Crippen molar-refractivity contribution in [1.82, 2.24) is 9.80 Å². The Morgan fingerprint density at radius 1 is 1.33 bits per heavy atom. The molecular formula is C14H22N2O2. The number of rotatable bonds is 4. The van der Waals surface area contributed by atoms with Gasteiger partial charge in [0.05, 0.1) is 6.54 Å². The zero-order valence-electron chi connectivity index (χ0n) is 11.2. The summed E-state index contributed by atoms with van der Waals surface area (Å²) < 4.78 is 0. The highest BCUT2D eigenvalue weighted by Gasteiger charge is 2.46. The van der Waals surface area contributed by atoms with Crippen LogP contribution in [0.25, 0.3) is 0 Å². The minimum absolute atomic E-state index is 0.0737. The van der Waals surface area contributed by atoms with E-state index >= 15 is 0 Å². The van der Waals surface area contributed by atoms with Crippen LogP contribution >= 0.6 is 0 Å². The number of nitrogens with zero attached hydrogens (tertiary/aromatic N) is 2. The lowest BCUT2D eigenvalue weighted by Crippen LogP contribution is -2.59. The van der Waals surface area contributed by atoms with Gasteiger partial charge in [0, 0.05) is 25.0 Å². The van der Waals surface area contributed by atoms with Gasteiger partial charge < -0.3 is 9.80 Å². The molecule has 1 saturated heterocycles. The molecule has 0 radical (unpaired) electrons. The van der Waals surface area contributed by atoms with Crippen LogP contribution in [0, 0.1) is 5.41 Å². The summed E-state index contributed by atoms with van der Waals surface area (Å²) in [6.45, 7) is 7.87. The van der Waals surface area contributed by atoms with E-state index in [0.29, 0.717) is 12.0 Å². The van der Waals surface area contributed by atoms with Crippen molar-refractivity contribution in [2.45, 2.75) is 32.6 Å². The van der Waals surface area contributed by atoms with E-state index in [9.17, 15) is 9.59 Å². The summed E-state index contributed by atoms with van der Waals surface area (Å²) in [6, 6.07) is 0. The predicted octanol–water partition coefficient (Wildman–Crippen LogP) is 1.42. The third kappa shape index (κ3) is 2.42. The number of likely N-dealkylation sites (N-methyl/N-ethyl adjacent to an activating group) is 1. The van der Waals surface area contributed by atoms with Gasteiger partial charge >= 0.3 is 0 Å². The molecule has 2 fully saturated rings. The Morgan fingerprint density at radius 3 is 2.44 bits per heavy atom. The predicted molar refractivity (Wildman–Crippen MR) is 69.9 cm³/mol. The molecule has 2 amide bonds. The molecule has 18 heavy (non-hydrogen) atoms. The second-order valence-corrected chi connectivity index (χ2v) is 5.51. The van der Waals surface area contributed by atoms with E-state index in [2.05, 4.69) is 6.58 Å². The number of carbonyl (C=O) groups excluding carboxylic acids is 2. The molecule has 0 atom stereocenters. The Balaban J connectivity index is 1.82. The molecule has 0 bridgehead atoms. The fourth-order valence-corrected chi connectivity index (χ4v) is 3.12. The maximum atomic E-state index is 12.1. The highest BCUT2D eigenvalue weighted by Crippen LogP contribution is 2.45. The third-order valence-electron chi connectivity index (χ3n) is 4.26. The molecule has 0 aromatic heterocycles. The summed E-state index contributed by atoms with van der Waals surface area (Å²) >= 11 is 0. The van der Waals surface area contributed by atoms with Crippen molar-refractivity contribution in [3.8, 4) is 0 Å². The highest BCUT2D eigenvalue weighted by molar-refractivity contribution is 5.91. The van der Waals surface area contributed by atoms with E-state index in [-0.39, 0.29) is 18.4 Å². The molecular weight excluding hydrogens is 228 g/mol. The van der Waals surface area contributed by atoms with Crippen molar-refractivity contribution in [2.24, 2.45) is 5.41 Å². The Kier molecular flexibility index (Phi) is 3.73. The van der Waals surface area contributed by atoms with Crippen LogP contribution in [0.4, 0.5) is 0 Å². The minimum Gasteiger partial charge on any atom is -0.340 e. The van der Waals surface area contributed by atoms with E-state index in [4.69, 9.17) is 0 Å². The second kappa shape index (κ2) is 5.12. The smallest absolute Gasteiger partial charge is 0.246 e. The van der Waals surface area contributed by atoms with Gasteiger partial charge in [-0.15, -0.1) is 0 Å². The summed E-state index contributed by atoms with van der Waals surface area (Å²) in [5.41, 5.74) is 0.426. The van der Waals surface area contributed by atoms with Crippen LogP contribution in [-0.2, 0) is 9.59 Å². The molecule has 1 spiro atoms. The van der Waals surface area contributed by atoms with Gasteiger partial charge in [-0.2, -0.15) is 0 Å². The van der Waals surface area contributed by atoms with E-state index in [1.54, 1.807) is 0 Å². The van der Waals surface area contributed by atoms with Crippen LogP contribution < -0.4 is 0 Å². The lowest BCUT2D eigenvalue weighted by atomic mass is 9.78. The Bertz CT molecular complexity index is 351. The largest absolute Gasteiger partial charge is 0.340 e. The molecule has 0 aromatic rings. The van der Waals surface area contributed by atoms with Crippen LogP contribution in [-0.4, -0.2) is 47.8 Å². The van der Waals surface area contributed by atoms with Crippen molar-refractivity contribution < 1.29 is 9.59 Å². The molecule has 0 unspecified atom stereocenters. The van der Waals surface area contributed by atoms with Crippen molar-refractivity contribution in [1.29, 1.82) is 0 Å².